The van der Waals surface area contributed by atoms with Crippen LogP contribution in [0.15, 0.2) is 29.8 Å². The number of ether oxygens (including phenoxy) is 1. The van der Waals surface area contributed by atoms with Gasteiger partial charge in [0.05, 0.1) is 6.42 Å². The fourth-order valence-electron chi connectivity index (χ4n) is 1.62. The maximum atomic E-state index is 12.0. The first kappa shape index (κ1) is 13.1. The Morgan fingerprint density at radius 3 is 2.58 bits per heavy atom. The minimum Gasteiger partial charge on any atom is -0.406 e. The number of carbonyl (C=O) groups excluding carboxylic acids is 2. The van der Waals surface area contributed by atoms with Gasteiger partial charge in [-0.05, 0) is 23.8 Å². The number of alkyl halides is 3. The molecule has 0 aliphatic carbocycles. The highest BCUT2D eigenvalue weighted by molar-refractivity contribution is 6.15. The maximum Gasteiger partial charge on any atom is 0.573 e. The summed E-state index contributed by atoms with van der Waals surface area (Å²) < 4.78 is 39.9. The van der Waals surface area contributed by atoms with Gasteiger partial charge in [-0.1, -0.05) is 12.1 Å². The average Bonchev–Trinajstić information content (AvgIpc) is 2.55. The van der Waals surface area contributed by atoms with Crippen molar-refractivity contribution < 1.29 is 27.5 Å². The van der Waals surface area contributed by atoms with E-state index in [9.17, 15) is 22.8 Å². The van der Waals surface area contributed by atoms with E-state index in [1.807, 2.05) is 0 Å². The van der Waals surface area contributed by atoms with Crippen LogP contribution < -0.4 is 10.1 Å². The molecule has 1 saturated heterocycles. The fourth-order valence-corrected chi connectivity index (χ4v) is 1.62. The van der Waals surface area contributed by atoms with E-state index in [-0.39, 0.29) is 17.7 Å². The first-order chi connectivity index (χ1) is 8.83. The van der Waals surface area contributed by atoms with E-state index in [1.165, 1.54) is 18.2 Å². The summed E-state index contributed by atoms with van der Waals surface area (Å²) >= 11 is 0. The highest BCUT2D eigenvalue weighted by Crippen LogP contribution is 2.24. The molecule has 2 rings (SSSR count). The Hall–Kier alpha value is -2.31. The van der Waals surface area contributed by atoms with E-state index in [2.05, 4.69) is 10.1 Å². The minimum absolute atomic E-state index is 0.0802. The normalized spacial score (nSPS) is 17.7. The molecule has 0 radical (unpaired) electrons. The summed E-state index contributed by atoms with van der Waals surface area (Å²) in [4.78, 5) is 22.3. The summed E-state index contributed by atoms with van der Waals surface area (Å²) in [5.41, 5.74) is 0.552. The Morgan fingerprint density at radius 2 is 2.00 bits per heavy atom. The fraction of sp³-hybridized carbons (Fsp3) is 0.167. The molecule has 1 aliphatic heterocycles. The molecular formula is C12H8F3NO3. The molecule has 1 aliphatic rings. The molecular weight excluding hydrogens is 263 g/mol. The molecule has 0 saturated carbocycles. The van der Waals surface area contributed by atoms with Gasteiger partial charge in [0.1, 0.15) is 5.75 Å². The molecule has 1 N–H and O–H groups in total. The molecule has 100 valence electrons. The Labute approximate surface area is 105 Å². The lowest BCUT2D eigenvalue weighted by molar-refractivity contribution is -0.274. The van der Waals surface area contributed by atoms with Crippen molar-refractivity contribution in [2.75, 3.05) is 0 Å². The lowest BCUT2D eigenvalue weighted by Gasteiger charge is -2.08. The van der Waals surface area contributed by atoms with Gasteiger partial charge in [0.2, 0.25) is 5.91 Å². The molecule has 1 fully saturated rings. The van der Waals surface area contributed by atoms with Crippen molar-refractivity contribution in [3.63, 3.8) is 0 Å². The van der Waals surface area contributed by atoms with Gasteiger partial charge in [0.15, 0.2) is 0 Å². The van der Waals surface area contributed by atoms with Gasteiger partial charge in [0, 0.05) is 5.57 Å². The number of carbonyl (C=O) groups is 2. The molecule has 1 aromatic rings. The summed E-state index contributed by atoms with van der Waals surface area (Å²) in [6.07, 6.45) is -3.50. The number of amides is 2. The van der Waals surface area contributed by atoms with Gasteiger partial charge in [-0.15, -0.1) is 13.2 Å². The zero-order chi connectivity index (χ0) is 14.0. The number of hydrogen-bond acceptors (Lipinski definition) is 3. The second kappa shape index (κ2) is 4.75. The molecule has 0 aromatic heterocycles. The smallest absolute Gasteiger partial charge is 0.406 e. The van der Waals surface area contributed by atoms with Crippen LogP contribution in [0.5, 0.6) is 5.75 Å². The van der Waals surface area contributed by atoms with Crippen molar-refractivity contribution in [1.82, 2.24) is 5.32 Å². The summed E-state index contributed by atoms with van der Waals surface area (Å²) in [5, 5.41) is 2.08. The number of imide groups is 1. The maximum absolute atomic E-state index is 12.0. The molecule has 19 heavy (non-hydrogen) atoms. The van der Waals surface area contributed by atoms with Crippen molar-refractivity contribution in [2.24, 2.45) is 0 Å². The van der Waals surface area contributed by atoms with Crippen LogP contribution in [0.25, 0.3) is 6.08 Å². The van der Waals surface area contributed by atoms with Crippen LogP contribution in [0.3, 0.4) is 0 Å². The lowest BCUT2D eigenvalue weighted by atomic mass is 10.1. The molecule has 0 bridgehead atoms. The predicted molar refractivity (Wildman–Crippen MR) is 58.9 cm³/mol. The van der Waals surface area contributed by atoms with Gasteiger partial charge in [-0.3, -0.25) is 14.9 Å². The van der Waals surface area contributed by atoms with Crippen LogP contribution in [0.2, 0.25) is 0 Å². The molecule has 0 unspecified atom stereocenters. The molecule has 1 aromatic carbocycles. The van der Waals surface area contributed by atoms with Gasteiger partial charge < -0.3 is 4.74 Å². The zero-order valence-electron chi connectivity index (χ0n) is 9.45. The van der Waals surface area contributed by atoms with E-state index < -0.39 is 18.2 Å². The largest absolute Gasteiger partial charge is 0.573 e. The van der Waals surface area contributed by atoms with Crippen LogP contribution in [-0.2, 0) is 9.59 Å². The molecule has 4 nitrogen and oxygen atoms in total. The number of halogens is 3. The standard InChI is InChI=1S/C12H8F3NO3/c13-12(14,15)19-9-3-1-2-7(5-9)4-8-6-10(17)16-11(8)18/h1-5H,6H2,(H,16,17,18)/b8-4-. The van der Waals surface area contributed by atoms with Crippen molar-refractivity contribution in [1.29, 1.82) is 0 Å². The number of hydrogen-bond donors (Lipinski definition) is 1. The van der Waals surface area contributed by atoms with E-state index in [0.29, 0.717) is 5.56 Å². The second-order valence-electron chi connectivity index (χ2n) is 3.84. The van der Waals surface area contributed by atoms with Crippen molar-refractivity contribution in [3.05, 3.63) is 35.4 Å². The van der Waals surface area contributed by atoms with Crippen LogP contribution >= 0.6 is 0 Å². The van der Waals surface area contributed by atoms with Gasteiger partial charge in [0.25, 0.3) is 5.91 Å². The molecule has 0 spiro atoms. The van der Waals surface area contributed by atoms with Crippen molar-refractivity contribution in [3.8, 4) is 5.75 Å². The summed E-state index contributed by atoms with van der Waals surface area (Å²) in [7, 11) is 0. The number of benzene rings is 1. The number of rotatable bonds is 2. The first-order valence-electron chi connectivity index (χ1n) is 5.24. The quantitative estimate of drug-likeness (QED) is 0.661. The van der Waals surface area contributed by atoms with Crippen LogP contribution in [0.4, 0.5) is 13.2 Å². The number of nitrogens with one attached hydrogen (secondary N) is 1. The third kappa shape index (κ3) is 3.57. The molecule has 1 heterocycles. The third-order valence-electron chi connectivity index (χ3n) is 2.33. The second-order valence-corrected chi connectivity index (χ2v) is 3.84. The Morgan fingerprint density at radius 1 is 1.26 bits per heavy atom. The van der Waals surface area contributed by atoms with E-state index in [1.54, 1.807) is 0 Å². The Bertz CT molecular complexity index is 564. The van der Waals surface area contributed by atoms with E-state index in [0.717, 1.165) is 12.1 Å². The Kier molecular flexibility index (Phi) is 3.28. The predicted octanol–water partition coefficient (Wildman–Crippen LogP) is 2.02. The minimum atomic E-state index is -4.77. The van der Waals surface area contributed by atoms with Crippen LogP contribution in [0.1, 0.15) is 12.0 Å². The van der Waals surface area contributed by atoms with Gasteiger partial charge >= 0.3 is 6.36 Å². The van der Waals surface area contributed by atoms with E-state index in [4.69, 9.17) is 0 Å². The first-order valence-corrected chi connectivity index (χ1v) is 5.24. The topological polar surface area (TPSA) is 55.4 Å². The SMILES string of the molecule is O=C1C/C(=C/c2cccc(OC(F)(F)F)c2)C(=O)N1. The molecule has 2 amide bonds. The van der Waals surface area contributed by atoms with E-state index >= 15 is 0 Å². The lowest BCUT2D eigenvalue weighted by Crippen LogP contribution is -2.19. The van der Waals surface area contributed by atoms with Gasteiger partial charge in [-0.25, -0.2) is 0 Å². The zero-order valence-corrected chi connectivity index (χ0v) is 9.45. The van der Waals surface area contributed by atoms with Crippen LogP contribution in [0, 0.1) is 0 Å². The molecule has 0 atom stereocenters. The van der Waals surface area contributed by atoms with Crippen molar-refractivity contribution in [2.45, 2.75) is 12.8 Å². The summed E-state index contributed by atoms with van der Waals surface area (Å²) in [5.74, 6) is -1.35. The highest BCUT2D eigenvalue weighted by Gasteiger charge is 2.31. The summed E-state index contributed by atoms with van der Waals surface area (Å²) in [6, 6.07) is 5.15. The third-order valence-corrected chi connectivity index (χ3v) is 2.33. The molecule has 7 heteroatoms. The average molecular weight is 271 g/mol. The van der Waals surface area contributed by atoms with Crippen LogP contribution in [-0.4, -0.2) is 18.2 Å². The highest BCUT2D eigenvalue weighted by atomic mass is 19.4. The van der Waals surface area contributed by atoms with Gasteiger partial charge in [-0.2, -0.15) is 0 Å². The Balaban J connectivity index is 2.22. The van der Waals surface area contributed by atoms with Crippen molar-refractivity contribution >= 4 is 17.9 Å². The monoisotopic (exact) mass is 271 g/mol. The summed E-state index contributed by atoms with van der Waals surface area (Å²) in [6.45, 7) is 0.